The van der Waals surface area contributed by atoms with Crippen LogP contribution in [-0.2, 0) is 32.0 Å². The number of hydrogen-bond donors (Lipinski definition) is 2. The predicted octanol–water partition coefficient (Wildman–Crippen LogP) is -4.49. The monoisotopic (exact) mass is 369 g/mol. The Morgan fingerprint density at radius 1 is 1.55 bits per heavy atom. The molecule has 0 spiro atoms. The average Bonchev–Trinajstić information content (AvgIpc) is 1.63. The van der Waals surface area contributed by atoms with Crippen LogP contribution in [0.4, 0.5) is 0 Å². The standard InChI is InChI=1S/C4H6O4S.Au.Na/c5-3(6)1-2(9)4(7)8;;/h2,9H,1H2,(H,5,6)(H,7,8);;/q;;+1/p-1. The summed E-state index contributed by atoms with van der Waals surface area (Å²) in [4.78, 5) is 19.6. The van der Waals surface area contributed by atoms with Gasteiger partial charge in [-0.3, -0.25) is 4.79 Å². The molecule has 0 bridgehead atoms. The molecule has 0 heterocycles. The Hall–Kier alpha value is 1.03. The minimum Gasteiger partial charge on any atom is -0.549 e. The summed E-state index contributed by atoms with van der Waals surface area (Å²) in [6.07, 6.45) is -0.508. The third-order valence-corrected chi connectivity index (χ3v) is 1.03. The molecule has 4 nitrogen and oxygen atoms in total. The van der Waals surface area contributed by atoms with Gasteiger partial charge in [-0.15, -0.1) is 0 Å². The molecule has 0 aliphatic carbocycles. The van der Waals surface area contributed by atoms with E-state index in [2.05, 4.69) is 12.6 Å². The fourth-order valence-electron chi connectivity index (χ4n) is 0.249. The summed E-state index contributed by atoms with van der Waals surface area (Å²) < 4.78 is 0. The number of aliphatic carboxylic acids is 2. The van der Waals surface area contributed by atoms with Crippen molar-refractivity contribution in [3.8, 4) is 0 Å². The average molecular weight is 369 g/mol. The van der Waals surface area contributed by atoms with Crippen molar-refractivity contribution in [3.05, 3.63) is 0 Å². The van der Waals surface area contributed by atoms with Gasteiger partial charge in [0.05, 0.1) is 17.6 Å². The van der Waals surface area contributed by atoms with Gasteiger partial charge in [-0.1, -0.05) is 0 Å². The van der Waals surface area contributed by atoms with Crippen molar-refractivity contribution in [3.63, 3.8) is 0 Å². The minimum absolute atomic E-state index is 0. The summed E-state index contributed by atoms with van der Waals surface area (Å²) >= 11 is 3.42. The molecule has 1 radical (unpaired) electrons. The second-order valence-electron chi connectivity index (χ2n) is 1.43. The molecule has 0 aromatic rings. The topological polar surface area (TPSA) is 77.4 Å². The summed E-state index contributed by atoms with van der Waals surface area (Å²) in [7, 11) is 0. The second kappa shape index (κ2) is 9.12. The maximum absolute atomic E-state index is 9.78. The van der Waals surface area contributed by atoms with Gasteiger partial charge in [0.2, 0.25) is 0 Å². The Morgan fingerprint density at radius 3 is 2.00 bits per heavy atom. The van der Waals surface area contributed by atoms with Crippen LogP contribution in [0.15, 0.2) is 0 Å². The summed E-state index contributed by atoms with van der Waals surface area (Å²) in [5.41, 5.74) is 0. The molecule has 0 saturated carbocycles. The van der Waals surface area contributed by atoms with Gasteiger partial charge in [0, 0.05) is 22.4 Å². The number of carboxylic acids is 2. The fourth-order valence-corrected chi connectivity index (χ4v) is 0.405. The van der Waals surface area contributed by atoms with Crippen molar-refractivity contribution in [2.45, 2.75) is 11.7 Å². The number of rotatable bonds is 3. The van der Waals surface area contributed by atoms with E-state index in [0.717, 1.165) is 0 Å². The van der Waals surface area contributed by atoms with Crippen LogP contribution in [0, 0.1) is 0 Å². The van der Waals surface area contributed by atoms with E-state index in [4.69, 9.17) is 5.11 Å². The van der Waals surface area contributed by atoms with Gasteiger partial charge in [0.1, 0.15) is 0 Å². The Labute approximate surface area is 107 Å². The van der Waals surface area contributed by atoms with E-state index in [1.165, 1.54) is 0 Å². The van der Waals surface area contributed by atoms with Crippen LogP contribution in [0.1, 0.15) is 6.42 Å². The zero-order chi connectivity index (χ0) is 7.44. The smallest absolute Gasteiger partial charge is 0.549 e. The van der Waals surface area contributed by atoms with Crippen LogP contribution in [0.2, 0.25) is 0 Å². The van der Waals surface area contributed by atoms with E-state index in [1.807, 2.05) is 0 Å². The Kier molecular flexibility index (Phi) is 14.9. The van der Waals surface area contributed by atoms with Crippen molar-refractivity contribution in [2.24, 2.45) is 0 Å². The van der Waals surface area contributed by atoms with Crippen molar-refractivity contribution >= 4 is 24.6 Å². The van der Waals surface area contributed by atoms with E-state index >= 15 is 0 Å². The summed E-state index contributed by atoms with van der Waals surface area (Å²) in [5.74, 6) is -2.65. The van der Waals surface area contributed by atoms with Crippen molar-refractivity contribution < 1.29 is 71.7 Å². The maximum Gasteiger partial charge on any atom is 1.00 e. The molecule has 0 saturated heterocycles. The van der Waals surface area contributed by atoms with Gasteiger partial charge >= 0.3 is 35.5 Å². The van der Waals surface area contributed by atoms with Crippen LogP contribution in [0.25, 0.3) is 0 Å². The van der Waals surface area contributed by atoms with Crippen molar-refractivity contribution in [1.82, 2.24) is 0 Å². The third kappa shape index (κ3) is 11.0. The molecule has 0 aliphatic heterocycles. The van der Waals surface area contributed by atoms with Crippen LogP contribution in [0.5, 0.6) is 0 Å². The van der Waals surface area contributed by atoms with Crippen LogP contribution in [-0.4, -0.2) is 22.3 Å². The molecule has 7 heteroatoms. The van der Waals surface area contributed by atoms with E-state index in [9.17, 15) is 14.7 Å². The van der Waals surface area contributed by atoms with Gasteiger partial charge < -0.3 is 15.0 Å². The molecule has 0 aromatic heterocycles. The Balaban J connectivity index is -0.000000320. The molecule has 11 heavy (non-hydrogen) atoms. The zero-order valence-corrected chi connectivity index (χ0v) is 10.8. The van der Waals surface area contributed by atoms with Crippen molar-refractivity contribution in [1.29, 1.82) is 0 Å². The SMILES string of the molecule is O=C(O)CC(S)C(=O)[O-].[Au].[Na+]. The fraction of sp³-hybridized carbons (Fsp3) is 0.500. The molecular formula is C4H5AuNaO4S. The summed E-state index contributed by atoms with van der Waals surface area (Å²) in [5, 5.41) is 16.6. The first kappa shape index (κ1) is 17.9. The Morgan fingerprint density at radius 2 is 1.91 bits per heavy atom. The molecule has 0 aromatic carbocycles. The first-order chi connectivity index (χ1) is 4.04. The second-order valence-corrected chi connectivity index (χ2v) is 2.06. The largest absolute Gasteiger partial charge is 1.00 e. The van der Waals surface area contributed by atoms with Gasteiger partial charge in [-0.05, 0) is 0 Å². The number of carbonyl (C=O) groups is 2. The van der Waals surface area contributed by atoms with Gasteiger partial charge in [-0.25, -0.2) is 0 Å². The molecule has 1 N–H and O–H groups in total. The number of hydrogen-bond acceptors (Lipinski definition) is 4. The number of carbonyl (C=O) groups excluding carboxylic acids is 1. The van der Waals surface area contributed by atoms with E-state index < -0.39 is 23.6 Å². The van der Waals surface area contributed by atoms with Gasteiger partial charge in [0.15, 0.2) is 0 Å². The zero-order valence-electron chi connectivity index (χ0n) is 5.71. The van der Waals surface area contributed by atoms with Crippen molar-refractivity contribution in [2.75, 3.05) is 0 Å². The first-order valence-electron chi connectivity index (χ1n) is 2.14. The molecule has 0 amide bonds. The van der Waals surface area contributed by atoms with Crippen LogP contribution >= 0.6 is 12.6 Å². The quantitative estimate of drug-likeness (QED) is 0.389. The van der Waals surface area contributed by atoms with Gasteiger partial charge in [-0.2, -0.15) is 12.6 Å². The molecule has 0 rings (SSSR count). The molecule has 63 valence electrons. The molecule has 1 unspecified atom stereocenters. The molecular weight excluding hydrogens is 364 g/mol. The van der Waals surface area contributed by atoms with Gasteiger partial charge in [0.25, 0.3) is 0 Å². The summed E-state index contributed by atoms with van der Waals surface area (Å²) in [6.45, 7) is 0. The number of thiol groups is 1. The third-order valence-electron chi connectivity index (χ3n) is 0.640. The first-order valence-corrected chi connectivity index (χ1v) is 2.66. The normalized spacial score (nSPS) is 10.3. The van der Waals surface area contributed by atoms with E-state index in [-0.39, 0.29) is 51.9 Å². The predicted molar refractivity (Wildman–Crippen MR) is 30.0 cm³/mol. The maximum atomic E-state index is 9.78. The summed E-state index contributed by atoms with van der Waals surface area (Å²) in [6, 6.07) is 0. The molecule has 1 atom stereocenters. The number of carboxylic acid groups (broad SMARTS) is 2. The van der Waals surface area contributed by atoms with E-state index in [1.54, 1.807) is 0 Å². The van der Waals surface area contributed by atoms with Crippen LogP contribution < -0.4 is 34.7 Å². The van der Waals surface area contributed by atoms with E-state index in [0.29, 0.717) is 0 Å². The molecule has 0 aliphatic rings. The minimum atomic E-state index is -1.46. The van der Waals surface area contributed by atoms with Crippen LogP contribution in [0.3, 0.4) is 0 Å². The molecule has 0 fully saturated rings. The Bertz CT molecular complexity index is 142.